The summed E-state index contributed by atoms with van der Waals surface area (Å²) in [5.41, 5.74) is 0. The molecular weight excluding hydrogens is 2320 g/mol. The maximum Gasteiger partial charge on any atom is 0.384 e. The van der Waals surface area contributed by atoms with E-state index in [1.807, 2.05) is 0 Å². The molecule has 0 aliphatic carbocycles. The number of carboxylic acid groups (broad SMARTS) is 7. The first-order valence-corrected chi connectivity index (χ1v) is 32.3. The molecule has 896 valence electrons. The van der Waals surface area contributed by atoms with Crippen molar-refractivity contribution in [1.82, 2.24) is 43.1 Å². The normalized spacial score (nSPS) is 14.6. The molecule has 0 aromatic heterocycles. The first-order chi connectivity index (χ1) is 59.5. The third kappa shape index (κ3) is 26.7. The molecule has 0 aliphatic heterocycles. The van der Waals surface area contributed by atoms with Crippen LogP contribution < -0.4 is 78.8 Å². The Kier molecular flexibility index (Phi) is 55.5. The van der Waals surface area contributed by atoms with E-state index in [2.05, 4.69) is 0 Å². The van der Waals surface area contributed by atoms with Crippen molar-refractivity contribution < 1.29 is 377 Å². The van der Waals surface area contributed by atoms with Crippen molar-refractivity contribution in [2.45, 2.75) is 301 Å². The molecule has 147 heavy (non-hydrogen) atoms. The van der Waals surface area contributed by atoms with E-state index in [1.165, 1.54) is 0 Å². The van der Waals surface area contributed by atoms with Gasteiger partial charge in [-0.3, -0.25) is 0 Å². The zero-order valence-electron chi connectivity index (χ0n) is 72.1. The largest absolute Gasteiger partial charge is 0.544 e. The quantitative estimate of drug-likeness (QED) is 0.0279. The molecule has 0 saturated carbocycles. The van der Waals surface area contributed by atoms with E-state index in [4.69, 9.17) is 0 Å². The number of alkyl halides is 70. The van der Waals surface area contributed by atoms with Crippen LogP contribution >= 0.6 is 0 Å². The topological polar surface area (TPSA) is 536 Å². The van der Waals surface area contributed by atoms with E-state index in [0.717, 1.165) is 0 Å². The summed E-state index contributed by atoms with van der Waals surface area (Å²) >= 11 is 0. The van der Waals surface area contributed by atoms with Crippen LogP contribution in [0.4, 0.5) is 307 Å². The Morgan fingerprint density at radius 2 is 0.163 bits per heavy atom. The molecule has 0 unspecified atom stereocenters. The molecule has 0 rings (SSSR count). The van der Waals surface area contributed by atoms with Crippen LogP contribution in [0.1, 0.15) is 93.4 Å². The Morgan fingerprint density at radius 3 is 0.197 bits per heavy atom. The number of carboxylic acids is 7. The molecule has 0 saturated heterocycles. The van der Waals surface area contributed by atoms with E-state index in [0.29, 0.717) is 0 Å². The van der Waals surface area contributed by atoms with Crippen molar-refractivity contribution in [1.29, 1.82) is 0 Å². The van der Waals surface area contributed by atoms with Gasteiger partial charge in [0.05, 0.1) is 0 Å². The molecule has 0 fully saturated rings. The van der Waals surface area contributed by atoms with Crippen LogP contribution in [0.2, 0.25) is 0 Å². The molecule has 0 atom stereocenters. The molecule has 0 spiro atoms. The second-order valence-electron chi connectivity index (χ2n) is 25.5. The molecular formula is C56H63F70N7O14. The standard InChI is InChI=1S/7C8H6F10O2.7H3N/c7*1-2-4(9,10)6(13,14)8(17,18)7(15,16)5(11,12)3(19)20;;;;;;;/h7*2H2,1H3,(H,19,20);7*1H3. The van der Waals surface area contributed by atoms with Crippen molar-refractivity contribution in [3.63, 3.8) is 0 Å². The van der Waals surface area contributed by atoms with Crippen molar-refractivity contribution in [3.05, 3.63) is 0 Å². The van der Waals surface area contributed by atoms with Gasteiger partial charge in [-0.05, 0) is 0 Å². The van der Waals surface area contributed by atoms with Gasteiger partial charge in [0.15, 0.2) is 0 Å². The first-order valence-electron chi connectivity index (χ1n) is 32.3. The van der Waals surface area contributed by atoms with Gasteiger partial charge in [-0.15, -0.1) is 0 Å². The van der Waals surface area contributed by atoms with Gasteiger partial charge in [-0.2, -0.15) is 307 Å². The molecule has 0 aromatic rings. The predicted octanol–water partition coefficient (Wildman–Crippen LogP) is 18.9. The lowest BCUT2D eigenvalue weighted by Gasteiger charge is -2.39. The van der Waals surface area contributed by atoms with Gasteiger partial charge < -0.3 is 112 Å². The Morgan fingerprint density at radius 1 is 0.116 bits per heavy atom. The number of rotatable bonds is 42. The van der Waals surface area contributed by atoms with Crippen LogP contribution in [0.5, 0.6) is 0 Å². The van der Waals surface area contributed by atoms with E-state index in [9.17, 15) is 377 Å². The highest BCUT2D eigenvalue weighted by Gasteiger charge is 2.94. The third-order valence-electron chi connectivity index (χ3n) is 16.4. The third-order valence-corrected chi connectivity index (χ3v) is 16.4. The van der Waals surface area contributed by atoms with E-state index in [-0.39, 0.29) is 91.5 Å². The maximum atomic E-state index is 12.8. The smallest absolute Gasteiger partial charge is 0.384 e. The summed E-state index contributed by atoms with van der Waals surface area (Å²) < 4.78 is 884. The summed E-state index contributed by atoms with van der Waals surface area (Å²) in [6, 6.07) is 0. The van der Waals surface area contributed by atoms with Gasteiger partial charge in [-0.1, -0.05) is 48.5 Å². The van der Waals surface area contributed by atoms with E-state index in [1.54, 1.807) is 0 Å². The first kappa shape index (κ1) is 169. The van der Waals surface area contributed by atoms with Crippen molar-refractivity contribution in [3.8, 4) is 0 Å². The Balaban J connectivity index is -0.000000116. The van der Waals surface area contributed by atoms with Crippen LogP contribution in [0.3, 0.4) is 0 Å². The van der Waals surface area contributed by atoms with Gasteiger partial charge in [0.1, 0.15) is 41.8 Å². The van der Waals surface area contributed by atoms with E-state index >= 15 is 0 Å². The molecule has 0 heterocycles. The number of carbonyl (C=O) groups excluding carboxylic acids is 7. The molecule has 91 heteroatoms. The van der Waals surface area contributed by atoms with E-state index < -0.39 is 294 Å². The summed E-state index contributed by atoms with van der Waals surface area (Å²) in [7, 11) is 0. The van der Waals surface area contributed by atoms with Gasteiger partial charge in [-0.25, -0.2) is 0 Å². The fourth-order valence-corrected chi connectivity index (χ4v) is 6.82. The number of hydrogen-bond acceptors (Lipinski definition) is 14. The highest BCUT2D eigenvalue weighted by atomic mass is 19.4. The van der Waals surface area contributed by atoms with Gasteiger partial charge in [0.2, 0.25) is 0 Å². The fourth-order valence-electron chi connectivity index (χ4n) is 6.82. The lowest BCUT2D eigenvalue weighted by Crippen LogP contribution is -2.70. The van der Waals surface area contributed by atoms with Crippen LogP contribution in [0.25, 0.3) is 0 Å². The van der Waals surface area contributed by atoms with Crippen LogP contribution in [0, 0.1) is 0 Å². The van der Waals surface area contributed by atoms with Crippen LogP contribution in [-0.2, 0) is 33.6 Å². The molecule has 0 amide bonds. The molecule has 0 radical (unpaired) electrons. The number of carbonyl (C=O) groups is 7. The summed E-state index contributed by atoms with van der Waals surface area (Å²) in [5.74, 6) is -268. The van der Waals surface area contributed by atoms with Crippen molar-refractivity contribution >= 4 is 41.8 Å². The van der Waals surface area contributed by atoms with Crippen LogP contribution in [0.15, 0.2) is 0 Å². The average molecular weight is 2390 g/mol. The fraction of sp³-hybridized carbons (Fsp3) is 0.875. The maximum absolute atomic E-state index is 12.8. The lowest BCUT2D eigenvalue weighted by atomic mass is 9.93. The number of quaternary nitrogens is 7. The molecule has 28 N–H and O–H groups in total. The monoisotopic (exact) mass is 2390 g/mol. The zero-order valence-corrected chi connectivity index (χ0v) is 72.1. The number of aliphatic carboxylic acids is 7. The summed E-state index contributed by atoms with van der Waals surface area (Å²) in [4.78, 5) is 67.6. The molecule has 0 bridgehead atoms. The molecule has 0 aliphatic rings. The van der Waals surface area contributed by atoms with Gasteiger partial charge >= 0.3 is 207 Å². The highest BCUT2D eigenvalue weighted by molar-refractivity contribution is 5.78. The van der Waals surface area contributed by atoms with Crippen molar-refractivity contribution in [2.75, 3.05) is 0 Å². The number of halogens is 70. The second kappa shape index (κ2) is 48.4. The summed E-state index contributed by atoms with van der Waals surface area (Å²) in [5, 5.41) is 67.6. The Bertz CT molecular complexity index is 3490. The summed E-state index contributed by atoms with van der Waals surface area (Å²) in [6.07, 6.45) is -14.6. The minimum Gasteiger partial charge on any atom is -0.544 e. The summed E-state index contributed by atoms with van der Waals surface area (Å²) in [6.45, 7) is 1.45. The highest BCUT2D eigenvalue weighted by Crippen LogP contribution is 2.66. The molecule has 0 aromatic carbocycles. The minimum atomic E-state index is -7.34. The predicted molar refractivity (Wildman–Crippen MR) is 322 cm³/mol. The van der Waals surface area contributed by atoms with Crippen molar-refractivity contribution in [2.24, 2.45) is 0 Å². The minimum absolute atomic E-state index is 0. The Labute approximate surface area is 762 Å². The zero-order chi connectivity index (χ0) is 117. The lowest BCUT2D eigenvalue weighted by molar-refractivity contribution is -0.413. The van der Waals surface area contributed by atoms with Crippen LogP contribution in [-0.4, -0.2) is 249 Å². The van der Waals surface area contributed by atoms with Gasteiger partial charge in [0.25, 0.3) is 0 Å². The Hall–Kier alpha value is -8.89. The SMILES string of the molecule is CCC(F)(F)C(F)(F)C(F)(F)C(F)(F)C(F)(F)C(=O)[O-].CCC(F)(F)C(F)(F)C(F)(F)C(F)(F)C(F)(F)C(=O)[O-].CCC(F)(F)C(F)(F)C(F)(F)C(F)(F)C(F)(F)C(=O)[O-].CCC(F)(F)C(F)(F)C(F)(F)C(F)(F)C(F)(F)C(=O)[O-].CCC(F)(F)C(F)(F)C(F)(F)C(F)(F)C(F)(F)C(=O)[O-].CCC(F)(F)C(F)(F)C(F)(F)C(F)(F)C(F)(F)C(=O)[O-].CCC(F)(F)C(F)(F)C(F)(F)C(F)(F)C(F)(F)C(=O)[O-].[NH4+].[NH4+].[NH4+].[NH4+].[NH4+].[NH4+].[NH4+]. The second-order valence-corrected chi connectivity index (χ2v) is 25.5. The average Bonchev–Trinajstić information content (AvgIpc) is 0.749. The number of hydrogen-bond donors (Lipinski definition) is 7. The van der Waals surface area contributed by atoms with Gasteiger partial charge in [0, 0.05) is 44.9 Å². The molecule has 21 nitrogen and oxygen atoms in total.